The molecule has 2 aromatic rings. The summed E-state index contributed by atoms with van der Waals surface area (Å²) in [5.74, 6) is -1.95. The fourth-order valence-electron chi connectivity index (χ4n) is 5.66. The van der Waals surface area contributed by atoms with E-state index in [1.807, 2.05) is 60.7 Å². The SMILES string of the molecule is N[C@H](CC(=O)N[C@@H](CCc1ccccc1)C(=O)N1CCC[C@H]1C(=O)N1CCC[C@H]1C(=O)O)Cc1ccccc1. The van der Waals surface area contributed by atoms with Gasteiger partial charge in [-0.3, -0.25) is 14.4 Å². The molecule has 2 saturated heterocycles. The van der Waals surface area contributed by atoms with Gasteiger partial charge in [-0.15, -0.1) is 0 Å². The van der Waals surface area contributed by atoms with Crippen LogP contribution in [0, 0.1) is 0 Å². The summed E-state index contributed by atoms with van der Waals surface area (Å²) in [5, 5.41) is 12.5. The molecule has 2 aromatic carbocycles. The van der Waals surface area contributed by atoms with Crippen molar-refractivity contribution in [2.24, 2.45) is 5.73 Å². The topological polar surface area (TPSA) is 133 Å². The van der Waals surface area contributed by atoms with Crippen molar-refractivity contribution in [2.75, 3.05) is 13.1 Å². The van der Waals surface area contributed by atoms with Gasteiger partial charge in [-0.2, -0.15) is 0 Å². The Morgan fingerprint density at radius 3 is 2.10 bits per heavy atom. The number of nitrogens with one attached hydrogen (secondary N) is 1. The molecule has 4 rings (SSSR count). The second-order valence-electron chi connectivity index (χ2n) is 10.5. The van der Waals surface area contributed by atoms with Gasteiger partial charge in [0.05, 0.1) is 0 Å². The number of aryl methyl sites for hydroxylation is 1. The minimum absolute atomic E-state index is 0.0699. The Morgan fingerprint density at radius 2 is 1.46 bits per heavy atom. The Morgan fingerprint density at radius 1 is 0.872 bits per heavy atom. The second-order valence-corrected chi connectivity index (χ2v) is 10.5. The molecule has 2 heterocycles. The maximum absolute atomic E-state index is 13.8. The van der Waals surface area contributed by atoms with Crippen LogP contribution in [0.25, 0.3) is 0 Å². The van der Waals surface area contributed by atoms with Gasteiger partial charge >= 0.3 is 5.97 Å². The molecule has 3 amide bonds. The zero-order valence-corrected chi connectivity index (χ0v) is 22.2. The van der Waals surface area contributed by atoms with Crippen molar-refractivity contribution in [3.05, 3.63) is 71.8 Å². The van der Waals surface area contributed by atoms with Gasteiger partial charge in [-0.1, -0.05) is 60.7 Å². The van der Waals surface area contributed by atoms with Crippen molar-refractivity contribution in [3.8, 4) is 0 Å². The number of carboxylic acids is 1. The van der Waals surface area contributed by atoms with Crippen molar-refractivity contribution in [2.45, 2.75) is 75.5 Å². The van der Waals surface area contributed by atoms with Crippen LogP contribution in [0.1, 0.15) is 49.7 Å². The number of benzene rings is 2. The van der Waals surface area contributed by atoms with Gasteiger partial charge in [0.2, 0.25) is 17.7 Å². The van der Waals surface area contributed by atoms with Gasteiger partial charge in [0, 0.05) is 25.6 Å². The molecule has 0 aliphatic carbocycles. The van der Waals surface area contributed by atoms with E-state index in [1.165, 1.54) is 4.90 Å². The van der Waals surface area contributed by atoms with E-state index >= 15 is 0 Å². The molecule has 39 heavy (non-hydrogen) atoms. The molecule has 2 aliphatic rings. The molecule has 0 radical (unpaired) electrons. The van der Waals surface area contributed by atoms with Gasteiger partial charge < -0.3 is 26.0 Å². The van der Waals surface area contributed by atoms with Crippen LogP contribution in [-0.4, -0.2) is 75.9 Å². The summed E-state index contributed by atoms with van der Waals surface area (Å²) >= 11 is 0. The van der Waals surface area contributed by atoms with Crippen LogP contribution in [0.3, 0.4) is 0 Å². The Balaban J connectivity index is 1.44. The van der Waals surface area contributed by atoms with Crippen molar-refractivity contribution in [1.82, 2.24) is 15.1 Å². The lowest BCUT2D eigenvalue weighted by Crippen LogP contribution is -2.55. The molecule has 0 spiro atoms. The normalized spacial score (nSPS) is 20.4. The average molecular weight is 535 g/mol. The first kappa shape index (κ1) is 28.3. The number of hydrogen-bond acceptors (Lipinski definition) is 5. The predicted molar refractivity (Wildman–Crippen MR) is 147 cm³/mol. The number of rotatable bonds is 11. The van der Waals surface area contributed by atoms with Gasteiger partial charge in [0.15, 0.2) is 0 Å². The van der Waals surface area contributed by atoms with Crippen LogP contribution < -0.4 is 11.1 Å². The maximum Gasteiger partial charge on any atom is 0.326 e. The van der Waals surface area contributed by atoms with Crippen LogP contribution in [0.4, 0.5) is 0 Å². The molecule has 2 aliphatic heterocycles. The number of carboxylic acid groups (broad SMARTS) is 1. The molecule has 0 bridgehead atoms. The van der Waals surface area contributed by atoms with E-state index in [2.05, 4.69) is 5.32 Å². The van der Waals surface area contributed by atoms with Crippen LogP contribution in [0.5, 0.6) is 0 Å². The maximum atomic E-state index is 13.8. The molecular formula is C30H38N4O5. The van der Waals surface area contributed by atoms with E-state index < -0.39 is 30.1 Å². The third-order valence-electron chi connectivity index (χ3n) is 7.63. The largest absolute Gasteiger partial charge is 0.480 e. The molecule has 4 atom stereocenters. The number of carbonyl (C=O) groups is 4. The summed E-state index contributed by atoms with van der Waals surface area (Å²) in [7, 11) is 0. The lowest BCUT2D eigenvalue weighted by atomic mass is 10.0. The Kier molecular flexibility index (Phi) is 9.70. The second kappa shape index (κ2) is 13.4. The lowest BCUT2D eigenvalue weighted by Gasteiger charge is -2.32. The van der Waals surface area contributed by atoms with Gasteiger partial charge in [0.1, 0.15) is 18.1 Å². The Bertz CT molecular complexity index is 1140. The third kappa shape index (κ3) is 7.44. The zero-order chi connectivity index (χ0) is 27.8. The van der Waals surface area contributed by atoms with Crippen LogP contribution in [0.2, 0.25) is 0 Å². The fraction of sp³-hybridized carbons (Fsp3) is 0.467. The number of carbonyl (C=O) groups excluding carboxylic acids is 3. The molecule has 9 nitrogen and oxygen atoms in total. The van der Waals surface area contributed by atoms with Crippen LogP contribution >= 0.6 is 0 Å². The minimum atomic E-state index is -1.02. The molecule has 0 aromatic heterocycles. The Hall–Kier alpha value is -3.72. The summed E-state index contributed by atoms with van der Waals surface area (Å²) < 4.78 is 0. The smallest absolute Gasteiger partial charge is 0.326 e. The highest BCUT2D eigenvalue weighted by Crippen LogP contribution is 2.26. The molecular weight excluding hydrogens is 496 g/mol. The first-order valence-corrected chi connectivity index (χ1v) is 13.8. The predicted octanol–water partition coefficient (Wildman–Crippen LogP) is 2.13. The summed E-state index contributed by atoms with van der Waals surface area (Å²) in [5.41, 5.74) is 8.34. The summed E-state index contributed by atoms with van der Waals surface area (Å²) in [4.78, 5) is 54.8. The highest BCUT2D eigenvalue weighted by Gasteiger charge is 2.43. The molecule has 9 heteroatoms. The zero-order valence-electron chi connectivity index (χ0n) is 22.2. The number of nitrogens with zero attached hydrogens (tertiary/aromatic N) is 2. The summed E-state index contributed by atoms with van der Waals surface area (Å²) in [6.07, 6.45) is 3.74. The number of likely N-dealkylation sites (tertiary alicyclic amines) is 2. The van der Waals surface area contributed by atoms with Crippen LogP contribution in [0.15, 0.2) is 60.7 Å². The third-order valence-corrected chi connectivity index (χ3v) is 7.63. The monoisotopic (exact) mass is 534 g/mol. The number of nitrogens with two attached hydrogens (primary N) is 1. The standard InChI is InChI=1S/C30H38N4O5/c31-23(19-22-11-5-2-6-12-22)20-27(35)32-24(16-15-21-9-3-1-4-10-21)28(36)33-17-7-13-25(33)29(37)34-18-8-14-26(34)30(38)39/h1-6,9-12,23-26H,7-8,13-20,31H2,(H,32,35)(H,38,39)/t23-,24-,25-,26-/m0/s1. The summed E-state index contributed by atoms with van der Waals surface area (Å²) in [6.45, 7) is 0.772. The van der Waals surface area contributed by atoms with Crippen molar-refractivity contribution in [1.29, 1.82) is 0 Å². The van der Waals surface area contributed by atoms with E-state index in [9.17, 15) is 24.3 Å². The van der Waals surface area contributed by atoms with Crippen molar-refractivity contribution >= 4 is 23.7 Å². The van der Waals surface area contributed by atoms with Crippen molar-refractivity contribution < 1.29 is 24.3 Å². The number of hydrogen-bond donors (Lipinski definition) is 3. The Labute approximate surface area is 229 Å². The van der Waals surface area contributed by atoms with Crippen molar-refractivity contribution in [3.63, 3.8) is 0 Å². The van der Waals surface area contributed by atoms with E-state index in [4.69, 9.17) is 5.73 Å². The van der Waals surface area contributed by atoms with Crippen LogP contribution in [-0.2, 0) is 32.0 Å². The quantitative estimate of drug-likeness (QED) is 0.405. The lowest BCUT2D eigenvalue weighted by molar-refractivity contribution is -0.152. The molecule has 0 saturated carbocycles. The first-order chi connectivity index (χ1) is 18.8. The summed E-state index contributed by atoms with van der Waals surface area (Å²) in [6, 6.07) is 16.6. The first-order valence-electron chi connectivity index (χ1n) is 13.8. The molecule has 208 valence electrons. The van der Waals surface area contributed by atoms with Gasteiger partial charge in [-0.25, -0.2) is 4.79 Å². The molecule has 2 fully saturated rings. The highest BCUT2D eigenvalue weighted by atomic mass is 16.4. The van der Waals surface area contributed by atoms with Gasteiger partial charge in [0.25, 0.3) is 0 Å². The minimum Gasteiger partial charge on any atom is -0.480 e. The fourth-order valence-corrected chi connectivity index (χ4v) is 5.66. The number of aliphatic carboxylic acids is 1. The van der Waals surface area contributed by atoms with E-state index in [0.29, 0.717) is 58.0 Å². The highest BCUT2D eigenvalue weighted by molar-refractivity contribution is 5.94. The van der Waals surface area contributed by atoms with E-state index in [-0.39, 0.29) is 24.1 Å². The van der Waals surface area contributed by atoms with Gasteiger partial charge in [-0.05, 0) is 56.1 Å². The number of amides is 3. The molecule has 0 unspecified atom stereocenters. The van der Waals surface area contributed by atoms with E-state index in [0.717, 1.165) is 11.1 Å². The van der Waals surface area contributed by atoms with E-state index in [1.54, 1.807) is 4.90 Å². The average Bonchev–Trinajstić information content (AvgIpc) is 3.62. The molecule has 4 N–H and O–H groups in total.